The van der Waals surface area contributed by atoms with Crippen molar-refractivity contribution in [3.63, 3.8) is 0 Å². The number of fused-ring (bicyclic) bond motifs is 2. The fraction of sp³-hybridized carbons (Fsp3) is 0.267. The summed E-state index contributed by atoms with van der Waals surface area (Å²) in [6.45, 7) is 6.64. The van der Waals surface area contributed by atoms with E-state index in [0.717, 1.165) is 34.4 Å². The minimum Gasteiger partial charge on any atom is -0.497 e. The third-order valence-corrected chi connectivity index (χ3v) is 7.14. The van der Waals surface area contributed by atoms with Gasteiger partial charge < -0.3 is 19.1 Å². The van der Waals surface area contributed by atoms with Crippen molar-refractivity contribution in [2.24, 2.45) is 0 Å². The van der Waals surface area contributed by atoms with Gasteiger partial charge in [0.25, 0.3) is 5.91 Å². The minimum absolute atomic E-state index is 0.0223. The molecule has 0 bridgehead atoms. The van der Waals surface area contributed by atoms with Crippen LogP contribution in [0.4, 0.5) is 11.4 Å². The SMILES string of the molecule is CCn1ccc2ccc(N(C(C)=O)[C@@H]3C[C@H](C)N(C(=O)c4ccc(OC)cc4)c4ccccc43)cc21. The average Bonchev–Trinajstić information content (AvgIpc) is 3.31. The Balaban J connectivity index is 1.56. The molecule has 0 spiro atoms. The lowest BCUT2D eigenvalue weighted by Gasteiger charge is -2.43. The molecule has 36 heavy (non-hydrogen) atoms. The highest BCUT2D eigenvalue weighted by atomic mass is 16.5. The van der Waals surface area contributed by atoms with E-state index in [1.807, 2.05) is 47.1 Å². The molecule has 1 aliphatic heterocycles. The molecule has 1 aromatic heterocycles. The second-order valence-electron chi connectivity index (χ2n) is 9.30. The normalized spacial score (nSPS) is 17.1. The predicted molar refractivity (Wildman–Crippen MR) is 144 cm³/mol. The van der Waals surface area contributed by atoms with E-state index < -0.39 is 0 Å². The Bertz CT molecular complexity index is 1420. The van der Waals surface area contributed by atoms with Gasteiger partial charge in [-0.3, -0.25) is 9.59 Å². The van der Waals surface area contributed by atoms with Crippen LogP contribution in [0, 0.1) is 0 Å². The molecule has 2 amide bonds. The molecule has 3 aromatic carbocycles. The van der Waals surface area contributed by atoms with Crippen LogP contribution in [0.25, 0.3) is 10.9 Å². The summed E-state index contributed by atoms with van der Waals surface area (Å²) in [7, 11) is 1.61. The lowest BCUT2D eigenvalue weighted by atomic mass is 9.89. The number of nitrogens with zero attached hydrogens (tertiary/aromatic N) is 3. The summed E-state index contributed by atoms with van der Waals surface area (Å²) in [5.74, 6) is 0.625. The Morgan fingerprint density at radius 1 is 1.03 bits per heavy atom. The van der Waals surface area contributed by atoms with Crippen molar-refractivity contribution in [2.45, 2.75) is 45.8 Å². The zero-order valence-corrected chi connectivity index (χ0v) is 21.1. The zero-order valence-electron chi connectivity index (χ0n) is 21.1. The first-order valence-corrected chi connectivity index (χ1v) is 12.4. The van der Waals surface area contributed by atoms with Crippen LogP contribution in [0.15, 0.2) is 79.0 Å². The van der Waals surface area contributed by atoms with Gasteiger partial charge in [-0.25, -0.2) is 0 Å². The van der Waals surface area contributed by atoms with E-state index in [2.05, 4.69) is 35.9 Å². The molecule has 6 nitrogen and oxygen atoms in total. The molecule has 6 heteroatoms. The second-order valence-corrected chi connectivity index (χ2v) is 9.30. The van der Waals surface area contributed by atoms with E-state index in [4.69, 9.17) is 4.74 Å². The first-order valence-electron chi connectivity index (χ1n) is 12.4. The van der Waals surface area contributed by atoms with Crippen LogP contribution in [-0.2, 0) is 11.3 Å². The molecule has 1 aliphatic rings. The lowest BCUT2D eigenvalue weighted by molar-refractivity contribution is -0.117. The predicted octanol–water partition coefficient (Wildman–Crippen LogP) is 6.20. The van der Waals surface area contributed by atoms with Gasteiger partial charge in [0.15, 0.2) is 0 Å². The van der Waals surface area contributed by atoms with Crippen LogP contribution in [-0.4, -0.2) is 29.5 Å². The fourth-order valence-corrected chi connectivity index (χ4v) is 5.39. The summed E-state index contributed by atoms with van der Waals surface area (Å²) >= 11 is 0. The molecule has 0 saturated carbocycles. The second kappa shape index (κ2) is 9.53. The van der Waals surface area contributed by atoms with Crippen molar-refractivity contribution >= 4 is 34.1 Å². The number of aryl methyl sites for hydroxylation is 1. The van der Waals surface area contributed by atoms with E-state index in [1.54, 1.807) is 38.3 Å². The maximum Gasteiger partial charge on any atom is 0.258 e. The summed E-state index contributed by atoms with van der Waals surface area (Å²) in [5, 5.41) is 1.15. The number of carbonyl (C=O) groups is 2. The summed E-state index contributed by atoms with van der Waals surface area (Å²) in [6.07, 6.45) is 2.71. The van der Waals surface area contributed by atoms with Gasteiger partial charge >= 0.3 is 0 Å². The van der Waals surface area contributed by atoms with Gasteiger partial charge in [0.2, 0.25) is 5.91 Å². The maximum atomic E-state index is 13.6. The van der Waals surface area contributed by atoms with Crippen molar-refractivity contribution in [2.75, 3.05) is 16.9 Å². The van der Waals surface area contributed by atoms with Crippen LogP contribution < -0.4 is 14.5 Å². The van der Waals surface area contributed by atoms with Gasteiger partial charge in [-0.05, 0) is 79.7 Å². The highest BCUT2D eigenvalue weighted by molar-refractivity contribution is 6.07. The third kappa shape index (κ3) is 4.02. The van der Waals surface area contributed by atoms with Crippen molar-refractivity contribution in [3.8, 4) is 5.75 Å². The smallest absolute Gasteiger partial charge is 0.258 e. The highest BCUT2D eigenvalue weighted by Crippen LogP contribution is 2.43. The summed E-state index contributed by atoms with van der Waals surface area (Å²) < 4.78 is 7.43. The summed E-state index contributed by atoms with van der Waals surface area (Å²) in [5.41, 5.74) is 4.38. The summed E-state index contributed by atoms with van der Waals surface area (Å²) in [6, 6.07) is 23.1. The van der Waals surface area contributed by atoms with Crippen molar-refractivity contribution < 1.29 is 14.3 Å². The van der Waals surface area contributed by atoms with E-state index >= 15 is 0 Å². The van der Waals surface area contributed by atoms with Crippen LogP contribution in [0.5, 0.6) is 5.75 Å². The molecular formula is C30H31N3O3. The molecular weight excluding hydrogens is 450 g/mol. The quantitative estimate of drug-likeness (QED) is 0.341. The van der Waals surface area contributed by atoms with Crippen LogP contribution in [0.3, 0.4) is 0 Å². The third-order valence-electron chi connectivity index (χ3n) is 7.14. The van der Waals surface area contributed by atoms with Crippen LogP contribution >= 0.6 is 0 Å². The van der Waals surface area contributed by atoms with Crippen molar-refractivity contribution in [1.29, 1.82) is 0 Å². The Kier molecular flexibility index (Phi) is 6.27. The first-order chi connectivity index (χ1) is 17.4. The zero-order chi connectivity index (χ0) is 25.4. The number of benzene rings is 3. The van der Waals surface area contributed by atoms with E-state index in [9.17, 15) is 9.59 Å². The molecule has 4 aromatic rings. The van der Waals surface area contributed by atoms with Crippen molar-refractivity contribution in [3.05, 3.63) is 90.1 Å². The molecule has 0 fully saturated rings. The van der Waals surface area contributed by atoms with Gasteiger partial charge in [0.05, 0.1) is 18.7 Å². The van der Waals surface area contributed by atoms with Gasteiger partial charge in [-0.15, -0.1) is 0 Å². The number of ether oxygens (including phenoxy) is 1. The molecule has 0 unspecified atom stereocenters. The minimum atomic E-state index is -0.184. The molecule has 0 aliphatic carbocycles. The van der Waals surface area contributed by atoms with Gasteiger partial charge in [0, 0.05) is 42.6 Å². The van der Waals surface area contributed by atoms with Crippen molar-refractivity contribution in [1.82, 2.24) is 4.57 Å². The fourth-order valence-electron chi connectivity index (χ4n) is 5.39. The molecule has 5 rings (SSSR count). The van der Waals surface area contributed by atoms with Crippen LogP contribution in [0.2, 0.25) is 0 Å². The van der Waals surface area contributed by atoms with E-state index in [1.165, 1.54) is 0 Å². The maximum absolute atomic E-state index is 13.6. The lowest BCUT2D eigenvalue weighted by Crippen LogP contribution is -2.47. The Morgan fingerprint density at radius 3 is 2.47 bits per heavy atom. The molecule has 0 radical (unpaired) electrons. The van der Waals surface area contributed by atoms with Gasteiger partial charge in [-0.2, -0.15) is 0 Å². The highest BCUT2D eigenvalue weighted by Gasteiger charge is 2.38. The number of hydrogen-bond donors (Lipinski definition) is 0. The number of aromatic nitrogens is 1. The molecule has 184 valence electrons. The molecule has 2 heterocycles. The van der Waals surface area contributed by atoms with E-state index in [0.29, 0.717) is 17.7 Å². The molecule has 0 saturated heterocycles. The molecule has 2 atom stereocenters. The number of methoxy groups -OCH3 is 1. The standard InChI is InChI=1S/C30H31N3O3/c1-5-31-17-16-22-10-13-24(19-28(22)31)33(21(3)34)29-18-20(2)32(27-9-7-6-8-26(27)29)30(35)23-11-14-25(36-4)15-12-23/h6-17,19-20,29H,5,18H2,1-4H3/t20-,29+/m0/s1. The molecule has 0 N–H and O–H groups in total. The number of hydrogen-bond acceptors (Lipinski definition) is 3. The first kappa shape index (κ1) is 23.7. The largest absolute Gasteiger partial charge is 0.497 e. The Morgan fingerprint density at radius 2 is 1.78 bits per heavy atom. The average molecular weight is 482 g/mol. The Labute approximate surface area is 211 Å². The van der Waals surface area contributed by atoms with E-state index in [-0.39, 0.29) is 23.9 Å². The number of rotatable bonds is 5. The number of carbonyl (C=O) groups excluding carboxylic acids is 2. The number of amides is 2. The number of para-hydroxylation sites is 1. The van der Waals surface area contributed by atoms with Crippen LogP contribution in [0.1, 0.15) is 49.2 Å². The van der Waals surface area contributed by atoms with Gasteiger partial charge in [-0.1, -0.05) is 24.3 Å². The Hall–Kier alpha value is -4.06. The topological polar surface area (TPSA) is 54.8 Å². The summed E-state index contributed by atoms with van der Waals surface area (Å²) in [4.78, 5) is 30.5. The monoisotopic (exact) mass is 481 g/mol. The van der Waals surface area contributed by atoms with Gasteiger partial charge in [0.1, 0.15) is 5.75 Å². The number of anilines is 2.